The quantitative estimate of drug-likeness (QED) is 0.216. The Morgan fingerprint density at radius 3 is 0.926 bits per heavy atom. The molecule has 0 aromatic carbocycles. The summed E-state index contributed by atoms with van der Waals surface area (Å²) in [6.45, 7) is 15.2. The molecule has 12 heteroatoms. The van der Waals surface area contributed by atoms with Crippen LogP contribution in [0.25, 0.3) is 0 Å². The zero-order valence-corrected chi connectivity index (χ0v) is 34.0. The van der Waals surface area contributed by atoms with Gasteiger partial charge in [0.1, 0.15) is 24.4 Å². The highest BCUT2D eigenvalue weighted by Gasteiger charge is 2.41. The molecule has 0 amide bonds. The van der Waals surface area contributed by atoms with Crippen molar-refractivity contribution in [1.82, 2.24) is 0 Å². The maximum Gasteiger partial charge on any atom is 0.311 e. The van der Waals surface area contributed by atoms with Gasteiger partial charge in [-0.2, -0.15) is 0 Å². The molecule has 5 heterocycles. The lowest BCUT2D eigenvalue weighted by Crippen LogP contribution is -2.34. The lowest BCUT2D eigenvalue weighted by Gasteiger charge is -2.26. The Kier molecular flexibility index (Phi) is 15.7. The highest BCUT2D eigenvalue weighted by molar-refractivity contribution is 5.74. The van der Waals surface area contributed by atoms with Crippen LogP contribution in [0.2, 0.25) is 0 Å². The first-order chi connectivity index (χ1) is 25.7. The molecule has 308 valence electrons. The minimum absolute atomic E-state index is 0.115. The van der Waals surface area contributed by atoms with Gasteiger partial charge in [-0.3, -0.25) is 19.2 Å². The maximum absolute atomic E-state index is 13.3. The average molecular weight is 765 g/mol. The fraction of sp³-hybridized carbons (Fsp3) is 0.905. The van der Waals surface area contributed by atoms with Crippen LogP contribution in [0.5, 0.6) is 0 Å². The van der Waals surface area contributed by atoms with Crippen LogP contribution < -0.4 is 0 Å². The van der Waals surface area contributed by atoms with Crippen molar-refractivity contribution in [3.8, 4) is 0 Å². The Hall–Kier alpha value is -2.28. The standard InChI is InChI=1S/C42H68O12/c1-9-29-21-33-13-17-35(51-33)25(5)39(43)47-24(4)20-32-12-16-38(50-32)28(8)42(46)54-30(10-2)22-34-14-18-36(52-34)26(6)40(44)48-23(3)19-31-11-15-37(49-31)27(7)41(45)53-29/h23-38H,9-22H2,1-8H3/t23-,24-,25+,26+,27+,28+,29+,30+,31?,32?,33?,34?,35?,36?,37?,38?/m1/s1. The van der Waals surface area contributed by atoms with Crippen LogP contribution in [-0.4, -0.2) is 97.1 Å². The van der Waals surface area contributed by atoms with E-state index in [0.29, 0.717) is 38.5 Å². The second-order valence-electron chi connectivity index (χ2n) is 17.0. The number of carbonyl (C=O) groups is 4. The average Bonchev–Trinajstić information content (AvgIpc) is 3.98. The summed E-state index contributed by atoms with van der Waals surface area (Å²) >= 11 is 0. The molecule has 0 aromatic rings. The van der Waals surface area contributed by atoms with Gasteiger partial charge in [0.25, 0.3) is 0 Å². The first-order valence-corrected chi connectivity index (χ1v) is 21.2. The Bertz CT molecular complexity index is 1160. The highest BCUT2D eigenvalue weighted by Crippen LogP contribution is 2.35. The zero-order valence-electron chi connectivity index (χ0n) is 34.0. The topological polar surface area (TPSA) is 142 Å². The van der Waals surface area contributed by atoms with Gasteiger partial charge < -0.3 is 37.9 Å². The monoisotopic (exact) mass is 764 g/mol. The number of rotatable bonds is 2. The van der Waals surface area contributed by atoms with Crippen molar-refractivity contribution in [2.75, 3.05) is 0 Å². The van der Waals surface area contributed by atoms with Crippen molar-refractivity contribution in [3.05, 3.63) is 0 Å². The van der Waals surface area contributed by atoms with Gasteiger partial charge in [0.2, 0.25) is 0 Å². The lowest BCUT2D eigenvalue weighted by molar-refractivity contribution is -0.162. The molecule has 8 bridgehead atoms. The van der Waals surface area contributed by atoms with Gasteiger partial charge >= 0.3 is 23.9 Å². The molecule has 0 radical (unpaired) electrons. The zero-order chi connectivity index (χ0) is 39.1. The van der Waals surface area contributed by atoms with Gasteiger partial charge in [-0.05, 0) is 106 Å². The third kappa shape index (κ3) is 11.4. The fourth-order valence-electron chi connectivity index (χ4n) is 8.88. The van der Waals surface area contributed by atoms with Crippen molar-refractivity contribution in [3.63, 3.8) is 0 Å². The third-order valence-electron chi connectivity index (χ3n) is 12.6. The Morgan fingerprint density at radius 1 is 0.389 bits per heavy atom. The molecule has 5 saturated heterocycles. The predicted octanol–water partition coefficient (Wildman–Crippen LogP) is 6.80. The first-order valence-electron chi connectivity index (χ1n) is 21.2. The number of hydrogen-bond acceptors (Lipinski definition) is 12. The van der Waals surface area contributed by atoms with Gasteiger partial charge in [-0.15, -0.1) is 0 Å². The summed E-state index contributed by atoms with van der Waals surface area (Å²) < 4.78 is 49.0. The number of cyclic esters (lactones) is 4. The number of hydrogen-bond donors (Lipinski definition) is 0. The molecule has 5 aliphatic heterocycles. The molecule has 0 saturated carbocycles. The van der Waals surface area contributed by atoms with E-state index in [1.807, 2.05) is 55.4 Å². The van der Waals surface area contributed by atoms with Crippen LogP contribution in [0.3, 0.4) is 0 Å². The minimum Gasteiger partial charge on any atom is -0.462 e. The number of esters is 4. The highest BCUT2D eigenvalue weighted by atomic mass is 16.6. The van der Waals surface area contributed by atoms with E-state index in [4.69, 9.17) is 37.9 Å². The molecule has 0 aliphatic carbocycles. The van der Waals surface area contributed by atoms with E-state index in [-0.39, 0.29) is 97.1 Å². The van der Waals surface area contributed by atoms with E-state index in [9.17, 15) is 19.2 Å². The predicted molar refractivity (Wildman–Crippen MR) is 198 cm³/mol. The summed E-state index contributed by atoms with van der Waals surface area (Å²) in [4.78, 5) is 53.0. The van der Waals surface area contributed by atoms with E-state index in [1.165, 1.54) is 0 Å². The molecule has 12 nitrogen and oxygen atoms in total. The van der Waals surface area contributed by atoms with Gasteiger partial charge in [0.15, 0.2) is 0 Å². The Morgan fingerprint density at radius 2 is 0.648 bits per heavy atom. The largest absolute Gasteiger partial charge is 0.462 e. The van der Waals surface area contributed by atoms with E-state index < -0.39 is 23.7 Å². The van der Waals surface area contributed by atoms with E-state index in [1.54, 1.807) is 0 Å². The van der Waals surface area contributed by atoms with Gasteiger partial charge in [0, 0.05) is 25.7 Å². The SMILES string of the molecule is CC[C@H]1CC2CCC(O2)[C@H](C)C(=O)O[C@H](C)CC2CCC(O2)[C@H](C)C(=O)O[C@@H](CC)CC2CCC(O2)[C@H](C)C(=O)O[C@H](C)CC2CCC(O2)[C@H](C)C(=O)O1. The fourth-order valence-corrected chi connectivity index (χ4v) is 8.88. The minimum atomic E-state index is -0.435. The van der Waals surface area contributed by atoms with E-state index in [0.717, 1.165) is 51.4 Å². The number of ether oxygens (including phenoxy) is 8. The van der Waals surface area contributed by atoms with Crippen LogP contribution in [0.1, 0.15) is 145 Å². The van der Waals surface area contributed by atoms with E-state index >= 15 is 0 Å². The smallest absolute Gasteiger partial charge is 0.311 e. The van der Waals surface area contributed by atoms with Gasteiger partial charge in [-0.25, -0.2) is 0 Å². The Balaban J connectivity index is 1.22. The second-order valence-corrected chi connectivity index (χ2v) is 17.0. The maximum atomic E-state index is 13.3. The molecular formula is C42H68O12. The molecule has 8 unspecified atom stereocenters. The second kappa shape index (κ2) is 19.7. The van der Waals surface area contributed by atoms with E-state index in [2.05, 4.69) is 0 Å². The van der Waals surface area contributed by atoms with Crippen molar-refractivity contribution >= 4 is 23.9 Å². The molecule has 5 rings (SSSR count). The van der Waals surface area contributed by atoms with Crippen molar-refractivity contribution in [2.24, 2.45) is 23.7 Å². The van der Waals surface area contributed by atoms with Crippen LogP contribution >= 0.6 is 0 Å². The molecule has 0 aromatic heterocycles. The molecule has 5 aliphatic rings. The molecular weight excluding hydrogens is 696 g/mol. The van der Waals surface area contributed by atoms with Crippen LogP contribution in [0.4, 0.5) is 0 Å². The van der Waals surface area contributed by atoms with Crippen molar-refractivity contribution in [1.29, 1.82) is 0 Å². The summed E-state index contributed by atoms with van der Waals surface area (Å²) in [5.74, 6) is -2.88. The molecule has 16 atom stereocenters. The first kappa shape index (κ1) is 42.9. The molecule has 5 fully saturated rings. The van der Waals surface area contributed by atoms with Crippen molar-refractivity contribution < 1.29 is 57.1 Å². The van der Waals surface area contributed by atoms with Crippen molar-refractivity contribution in [2.45, 2.75) is 219 Å². The number of carbonyl (C=O) groups excluding carboxylic acids is 4. The summed E-state index contributed by atoms with van der Waals surface area (Å²) in [6, 6.07) is 0. The molecule has 54 heavy (non-hydrogen) atoms. The summed E-state index contributed by atoms with van der Waals surface area (Å²) in [5.41, 5.74) is 0. The lowest BCUT2D eigenvalue weighted by atomic mass is 9.99. The summed E-state index contributed by atoms with van der Waals surface area (Å²) in [5, 5.41) is 0. The normalized spacial score (nSPS) is 44.0. The van der Waals surface area contributed by atoms with Gasteiger partial charge in [0.05, 0.1) is 72.5 Å². The Labute approximate surface area is 322 Å². The van der Waals surface area contributed by atoms with Crippen LogP contribution in [0.15, 0.2) is 0 Å². The molecule has 0 N–H and O–H groups in total. The number of fused-ring (bicyclic) bond motifs is 8. The summed E-state index contributed by atoms with van der Waals surface area (Å²) in [6.07, 6.45) is 6.72. The third-order valence-corrected chi connectivity index (χ3v) is 12.6. The van der Waals surface area contributed by atoms with Crippen LogP contribution in [-0.2, 0) is 57.1 Å². The summed E-state index contributed by atoms with van der Waals surface area (Å²) in [7, 11) is 0. The van der Waals surface area contributed by atoms with Gasteiger partial charge in [-0.1, -0.05) is 13.8 Å². The molecule has 0 spiro atoms. The van der Waals surface area contributed by atoms with Crippen LogP contribution in [0, 0.1) is 23.7 Å².